The first-order valence-electron chi connectivity index (χ1n) is 8.76. The predicted molar refractivity (Wildman–Crippen MR) is 108 cm³/mol. The fourth-order valence-corrected chi connectivity index (χ4v) is 4.06. The molecule has 2 aromatic heterocycles. The summed E-state index contributed by atoms with van der Waals surface area (Å²) in [7, 11) is 0. The van der Waals surface area contributed by atoms with Crippen molar-refractivity contribution in [2.45, 2.75) is 20.0 Å². The molecule has 1 N–H and O–H groups in total. The van der Waals surface area contributed by atoms with Crippen molar-refractivity contribution in [3.63, 3.8) is 0 Å². The highest BCUT2D eigenvalue weighted by Crippen LogP contribution is 2.26. The van der Waals surface area contributed by atoms with E-state index in [-0.39, 0.29) is 18.3 Å². The second-order valence-electron chi connectivity index (χ2n) is 6.55. The van der Waals surface area contributed by atoms with Crippen molar-refractivity contribution in [3.05, 3.63) is 94.2 Å². The lowest BCUT2D eigenvalue weighted by atomic mass is 10.1. The average molecular weight is 378 g/mol. The van der Waals surface area contributed by atoms with E-state index in [1.807, 2.05) is 28.1 Å². The Balaban J connectivity index is 1.62. The maximum atomic E-state index is 13.8. The molecule has 0 spiro atoms. The number of halogens is 1. The monoisotopic (exact) mass is 378 g/mol. The van der Waals surface area contributed by atoms with Crippen molar-refractivity contribution >= 4 is 27.5 Å². The standard InChI is InChI=1S/C22H19FN2OS/c1-15-5-4-6-16(11-15)14-25-19-9-10-27-21(19)12-20(25)22(26)24-13-17-7-2-3-8-18(17)23/h2-12H,13-14H2,1H3,(H,24,26). The number of carbonyl (C=O) groups is 1. The van der Waals surface area contributed by atoms with Crippen LogP contribution in [0.25, 0.3) is 10.2 Å². The molecule has 0 saturated carbocycles. The van der Waals surface area contributed by atoms with Gasteiger partial charge in [0, 0.05) is 18.7 Å². The van der Waals surface area contributed by atoms with Crippen molar-refractivity contribution < 1.29 is 9.18 Å². The first kappa shape index (κ1) is 17.5. The van der Waals surface area contributed by atoms with Gasteiger partial charge in [0.05, 0.1) is 10.2 Å². The zero-order valence-corrected chi connectivity index (χ0v) is 15.7. The van der Waals surface area contributed by atoms with Crippen LogP contribution in [0, 0.1) is 12.7 Å². The molecule has 2 heterocycles. The molecule has 1 amide bonds. The number of nitrogens with zero attached hydrogens (tertiary/aromatic N) is 1. The largest absolute Gasteiger partial charge is 0.347 e. The van der Waals surface area contributed by atoms with Gasteiger partial charge in [-0.1, -0.05) is 48.0 Å². The minimum absolute atomic E-state index is 0.161. The first-order valence-corrected chi connectivity index (χ1v) is 9.63. The second-order valence-corrected chi connectivity index (χ2v) is 7.50. The van der Waals surface area contributed by atoms with Gasteiger partial charge in [0.2, 0.25) is 0 Å². The van der Waals surface area contributed by atoms with Gasteiger partial charge in [-0.3, -0.25) is 4.79 Å². The van der Waals surface area contributed by atoms with E-state index in [1.54, 1.807) is 29.5 Å². The van der Waals surface area contributed by atoms with E-state index in [9.17, 15) is 9.18 Å². The minimum Gasteiger partial charge on any atom is -0.347 e. The molecule has 4 rings (SSSR count). The minimum atomic E-state index is -0.311. The predicted octanol–water partition coefficient (Wildman–Crippen LogP) is 5.13. The lowest BCUT2D eigenvalue weighted by Gasteiger charge is -2.12. The molecular formula is C22H19FN2OS. The van der Waals surface area contributed by atoms with Crippen LogP contribution in [0.1, 0.15) is 27.2 Å². The summed E-state index contributed by atoms with van der Waals surface area (Å²) in [5, 5.41) is 4.88. The van der Waals surface area contributed by atoms with E-state index in [4.69, 9.17) is 0 Å². The Kier molecular flexibility index (Phi) is 4.77. The highest BCUT2D eigenvalue weighted by atomic mass is 32.1. The number of aryl methyl sites for hydroxylation is 1. The van der Waals surface area contributed by atoms with E-state index < -0.39 is 0 Å². The van der Waals surface area contributed by atoms with Crippen molar-refractivity contribution in [1.29, 1.82) is 0 Å². The molecule has 4 aromatic rings. The van der Waals surface area contributed by atoms with Gasteiger partial charge in [0.25, 0.3) is 5.91 Å². The van der Waals surface area contributed by atoms with Crippen LogP contribution in [-0.4, -0.2) is 10.5 Å². The molecule has 27 heavy (non-hydrogen) atoms. The number of benzene rings is 2. The smallest absolute Gasteiger partial charge is 0.268 e. The Morgan fingerprint density at radius 2 is 1.96 bits per heavy atom. The van der Waals surface area contributed by atoms with Crippen LogP contribution in [0.5, 0.6) is 0 Å². The third-order valence-corrected chi connectivity index (χ3v) is 5.43. The Hall–Kier alpha value is -2.92. The number of hydrogen-bond donors (Lipinski definition) is 1. The van der Waals surface area contributed by atoms with E-state index in [0.717, 1.165) is 15.8 Å². The van der Waals surface area contributed by atoms with Gasteiger partial charge in [0.1, 0.15) is 11.5 Å². The summed E-state index contributed by atoms with van der Waals surface area (Å²) in [5.74, 6) is -0.511. The fourth-order valence-electron chi connectivity index (χ4n) is 3.24. The number of fused-ring (bicyclic) bond motifs is 1. The van der Waals surface area contributed by atoms with Gasteiger partial charge in [-0.2, -0.15) is 0 Å². The van der Waals surface area contributed by atoms with Crippen LogP contribution in [0.3, 0.4) is 0 Å². The van der Waals surface area contributed by atoms with E-state index in [0.29, 0.717) is 17.8 Å². The first-order chi connectivity index (χ1) is 13.1. The Labute approximate surface area is 161 Å². The molecule has 0 aliphatic heterocycles. The third kappa shape index (κ3) is 3.64. The molecule has 5 heteroatoms. The van der Waals surface area contributed by atoms with Crippen LogP contribution in [0.15, 0.2) is 66.0 Å². The SMILES string of the molecule is Cc1cccc(Cn2c(C(=O)NCc3ccccc3F)cc3sccc32)c1. The van der Waals surface area contributed by atoms with E-state index in [2.05, 4.69) is 30.4 Å². The molecule has 0 radical (unpaired) electrons. The molecule has 0 aliphatic rings. The highest BCUT2D eigenvalue weighted by Gasteiger charge is 2.17. The van der Waals surface area contributed by atoms with Gasteiger partial charge in [-0.25, -0.2) is 4.39 Å². The molecule has 2 aromatic carbocycles. The summed E-state index contributed by atoms with van der Waals surface area (Å²) in [6, 6.07) is 18.7. The maximum absolute atomic E-state index is 13.8. The number of aromatic nitrogens is 1. The zero-order chi connectivity index (χ0) is 18.8. The molecule has 0 bridgehead atoms. The summed E-state index contributed by atoms with van der Waals surface area (Å²) < 4.78 is 16.9. The number of thiophene rings is 1. The number of rotatable bonds is 5. The van der Waals surface area contributed by atoms with Crippen molar-refractivity contribution in [3.8, 4) is 0 Å². The van der Waals surface area contributed by atoms with Crippen LogP contribution in [-0.2, 0) is 13.1 Å². The zero-order valence-electron chi connectivity index (χ0n) is 14.9. The fraction of sp³-hybridized carbons (Fsp3) is 0.136. The maximum Gasteiger partial charge on any atom is 0.268 e. The van der Waals surface area contributed by atoms with Crippen LogP contribution in [0.2, 0.25) is 0 Å². The number of amides is 1. The molecule has 0 saturated heterocycles. The average Bonchev–Trinajstić information content (AvgIpc) is 3.24. The summed E-state index contributed by atoms with van der Waals surface area (Å²) in [6.07, 6.45) is 0. The summed E-state index contributed by atoms with van der Waals surface area (Å²) in [6.45, 7) is 2.83. The highest BCUT2D eigenvalue weighted by molar-refractivity contribution is 7.17. The van der Waals surface area contributed by atoms with Gasteiger partial charge >= 0.3 is 0 Å². The quantitative estimate of drug-likeness (QED) is 0.513. The lowest BCUT2D eigenvalue weighted by Crippen LogP contribution is -2.26. The molecule has 0 fully saturated rings. The van der Waals surface area contributed by atoms with Gasteiger partial charge in [0.15, 0.2) is 0 Å². The molecule has 0 aliphatic carbocycles. The number of hydrogen-bond acceptors (Lipinski definition) is 2. The van der Waals surface area contributed by atoms with Crippen LogP contribution in [0.4, 0.5) is 4.39 Å². The van der Waals surface area contributed by atoms with Crippen molar-refractivity contribution in [2.75, 3.05) is 0 Å². The topological polar surface area (TPSA) is 34.0 Å². The lowest BCUT2D eigenvalue weighted by molar-refractivity contribution is 0.0942. The Bertz CT molecular complexity index is 1110. The molecular weight excluding hydrogens is 359 g/mol. The summed E-state index contributed by atoms with van der Waals surface area (Å²) in [4.78, 5) is 12.8. The normalized spacial score (nSPS) is 11.0. The van der Waals surface area contributed by atoms with Crippen LogP contribution < -0.4 is 5.32 Å². The van der Waals surface area contributed by atoms with E-state index in [1.165, 1.54) is 11.6 Å². The second kappa shape index (κ2) is 7.37. The van der Waals surface area contributed by atoms with Gasteiger partial charge in [-0.05, 0) is 36.1 Å². The molecule has 136 valence electrons. The van der Waals surface area contributed by atoms with Gasteiger partial charge in [-0.15, -0.1) is 11.3 Å². The van der Waals surface area contributed by atoms with Crippen LogP contribution >= 0.6 is 11.3 Å². The third-order valence-electron chi connectivity index (χ3n) is 4.58. The summed E-state index contributed by atoms with van der Waals surface area (Å²) in [5.41, 5.74) is 4.44. The molecule has 0 unspecified atom stereocenters. The van der Waals surface area contributed by atoms with Gasteiger partial charge < -0.3 is 9.88 Å². The van der Waals surface area contributed by atoms with Crippen molar-refractivity contribution in [1.82, 2.24) is 9.88 Å². The number of nitrogens with one attached hydrogen (secondary N) is 1. The molecule has 3 nitrogen and oxygen atoms in total. The Morgan fingerprint density at radius 3 is 2.78 bits per heavy atom. The van der Waals surface area contributed by atoms with Crippen molar-refractivity contribution in [2.24, 2.45) is 0 Å². The summed E-state index contributed by atoms with van der Waals surface area (Å²) >= 11 is 1.61. The molecule has 0 atom stereocenters. The number of carbonyl (C=O) groups excluding carboxylic acids is 1. The Morgan fingerprint density at radius 1 is 1.11 bits per heavy atom. The van der Waals surface area contributed by atoms with E-state index >= 15 is 0 Å².